The van der Waals surface area contributed by atoms with Gasteiger partial charge in [-0.1, -0.05) is 31.4 Å². The van der Waals surface area contributed by atoms with Gasteiger partial charge in [-0.3, -0.25) is 4.79 Å². The first kappa shape index (κ1) is 16.3. The standard InChI is InChI=1S/C17H23NO4/c1-22-14-9-7-12(8-10-14)15(11-16(19)20)18-17(21)13-5-3-2-4-6-13/h7-10,13,15H,2-6,11H2,1H3,(H,18,21)(H,19,20)/p-1/t15-/m0/s1. The second-order valence-corrected chi connectivity index (χ2v) is 5.75. The highest BCUT2D eigenvalue weighted by Gasteiger charge is 2.24. The second kappa shape index (κ2) is 7.82. The number of hydrogen-bond acceptors (Lipinski definition) is 4. The molecule has 1 atom stereocenters. The Morgan fingerprint density at radius 3 is 2.41 bits per heavy atom. The summed E-state index contributed by atoms with van der Waals surface area (Å²) in [7, 11) is 1.57. The second-order valence-electron chi connectivity index (χ2n) is 5.75. The summed E-state index contributed by atoms with van der Waals surface area (Å²) in [6, 6.07) is 6.49. The lowest BCUT2D eigenvalue weighted by atomic mass is 9.88. The average Bonchev–Trinajstić information content (AvgIpc) is 2.54. The number of ether oxygens (including phenoxy) is 1. The summed E-state index contributed by atoms with van der Waals surface area (Å²) in [5, 5.41) is 13.8. The fraction of sp³-hybridized carbons (Fsp3) is 0.529. The molecule has 120 valence electrons. The third-order valence-corrected chi connectivity index (χ3v) is 4.18. The third kappa shape index (κ3) is 4.48. The molecule has 0 unspecified atom stereocenters. The number of carbonyl (C=O) groups excluding carboxylic acids is 2. The van der Waals surface area contributed by atoms with Gasteiger partial charge in [-0.25, -0.2) is 0 Å². The summed E-state index contributed by atoms with van der Waals surface area (Å²) in [6.07, 6.45) is 4.83. The van der Waals surface area contributed by atoms with Crippen molar-refractivity contribution in [2.45, 2.75) is 44.6 Å². The molecule has 5 nitrogen and oxygen atoms in total. The van der Waals surface area contributed by atoms with E-state index in [1.54, 1.807) is 31.4 Å². The predicted molar refractivity (Wildman–Crippen MR) is 80.1 cm³/mol. The number of benzene rings is 1. The molecule has 5 heteroatoms. The molecule has 0 radical (unpaired) electrons. The summed E-state index contributed by atoms with van der Waals surface area (Å²) < 4.78 is 5.09. The van der Waals surface area contributed by atoms with Crippen molar-refractivity contribution >= 4 is 11.9 Å². The van der Waals surface area contributed by atoms with Gasteiger partial charge in [0.15, 0.2) is 0 Å². The molecule has 0 aliphatic heterocycles. The zero-order valence-electron chi connectivity index (χ0n) is 12.8. The van der Waals surface area contributed by atoms with Crippen LogP contribution in [0.1, 0.15) is 50.1 Å². The van der Waals surface area contributed by atoms with Gasteiger partial charge in [0.05, 0.1) is 13.2 Å². The van der Waals surface area contributed by atoms with Crippen molar-refractivity contribution in [1.29, 1.82) is 0 Å². The van der Waals surface area contributed by atoms with E-state index in [2.05, 4.69) is 5.32 Å². The van der Waals surface area contributed by atoms with Crippen LogP contribution < -0.4 is 15.2 Å². The monoisotopic (exact) mass is 304 g/mol. The molecule has 0 bridgehead atoms. The number of carboxylic acid groups (broad SMARTS) is 1. The number of carbonyl (C=O) groups is 2. The molecule has 1 N–H and O–H groups in total. The largest absolute Gasteiger partial charge is 0.550 e. The van der Waals surface area contributed by atoms with Crippen molar-refractivity contribution < 1.29 is 19.4 Å². The van der Waals surface area contributed by atoms with Crippen LogP contribution in [0, 0.1) is 5.92 Å². The Balaban J connectivity index is 2.07. The number of hydrogen-bond donors (Lipinski definition) is 1. The highest BCUT2D eigenvalue weighted by Crippen LogP contribution is 2.26. The summed E-state index contributed by atoms with van der Waals surface area (Å²) in [5.41, 5.74) is 0.745. The van der Waals surface area contributed by atoms with Crippen molar-refractivity contribution in [3.05, 3.63) is 29.8 Å². The molecule has 1 amide bonds. The Morgan fingerprint density at radius 2 is 1.86 bits per heavy atom. The van der Waals surface area contributed by atoms with E-state index in [1.807, 2.05) is 0 Å². The fourth-order valence-electron chi connectivity index (χ4n) is 2.91. The summed E-state index contributed by atoms with van der Waals surface area (Å²) >= 11 is 0. The zero-order valence-corrected chi connectivity index (χ0v) is 12.8. The number of aliphatic carboxylic acids is 1. The molecule has 0 heterocycles. The van der Waals surface area contributed by atoms with Crippen molar-refractivity contribution in [2.24, 2.45) is 5.92 Å². The van der Waals surface area contributed by atoms with Crippen molar-refractivity contribution in [3.63, 3.8) is 0 Å². The van der Waals surface area contributed by atoms with Crippen molar-refractivity contribution in [2.75, 3.05) is 7.11 Å². The van der Waals surface area contributed by atoms with Crippen LogP contribution in [0.4, 0.5) is 0 Å². The molecule has 0 spiro atoms. The van der Waals surface area contributed by atoms with Gasteiger partial charge >= 0.3 is 0 Å². The van der Waals surface area contributed by atoms with E-state index in [4.69, 9.17) is 4.74 Å². The van der Waals surface area contributed by atoms with E-state index in [-0.39, 0.29) is 18.2 Å². The molecular weight excluding hydrogens is 282 g/mol. The van der Waals surface area contributed by atoms with Gasteiger partial charge in [0.1, 0.15) is 5.75 Å². The van der Waals surface area contributed by atoms with Gasteiger partial charge < -0.3 is 20.0 Å². The molecule has 0 saturated heterocycles. The van der Waals surface area contributed by atoms with Crippen LogP contribution >= 0.6 is 0 Å². The lowest BCUT2D eigenvalue weighted by molar-refractivity contribution is -0.306. The van der Waals surface area contributed by atoms with Crippen LogP contribution in [0.5, 0.6) is 5.75 Å². The van der Waals surface area contributed by atoms with E-state index < -0.39 is 12.0 Å². The lowest BCUT2D eigenvalue weighted by Crippen LogP contribution is -2.38. The number of rotatable bonds is 6. The lowest BCUT2D eigenvalue weighted by Gasteiger charge is -2.25. The Hall–Kier alpha value is -2.04. The quantitative estimate of drug-likeness (QED) is 0.865. The molecular formula is C17H22NO4-. The minimum atomic E-state index is -1.18. The first-order valence-corrected chi connectivity index (χ1v) is 7.74. The SMILES string of the molecule is COc1ccc([C@H](CC(=O)[O-])NC(=O)C2CCCCC2)cc1. The first-order chi connectivity index (χ1) is 10.6. The van der Waals surface area contributed by atoms with E-state index in [0.717, 1.165) is 31.2 Å². The van der Waals surface area contributed by atoms with Gasteiger partial charge in [-0.15, -0.1) is 0 Å². The highest BCUT2D eigenvalue weighted by molar-refractivity contribution is 5.80. The first-order valence-electron chi connectivity index (χ1n) is 7.74. The van der Waals surface area contributed by atoms with E-state index in [9.17, 15) is 14.7 Å². The van der Waals surface area contributed by atoms with E-state index >= 15 is 0 Å². The Morgan fingerprint density at radius 1 is 1.23 bits per heavy atom. The highest BCUT2D eigenvalue weighted by atomic mass is 16.5. The molecule has 1 aromatic carbocycles. The number of nitrogens with one attached hydrogen (secondary N) is 1. The van der Waals surface area contributed by atoms with Gasteiger partial charge in [0, 0.05) is 18.3 Å². The minimum Gasteiger partial charge on any atom is -0.550 e. The third-order valence-electron chi connectivity index (χ3n) is 4.18. The van der Waals surface area contributed by atoms with E-state index in [0.29, 0.717) is 5.75 Å². The molecule has 1 aliphatic carbocycles. The van der Waals surface area contributed by atoms with Gasteiger partial charge in [0.2, 0.25) is 5.91 Å². The Bertz CT molecular complexity index is 506. The molecule has 1 aliphatic rings. The average molecular weight is 304 g/mol. The normalized spacial score (nSPS) is 16.8. The Kier molecular flexibility index (Phi) is 5.81. The van der Waals surface area contributed by atoms with Crippen LogP contribution in [0.3, 0.4) is 0 Å². The smallest absolute Gasteiger partial charge is 0.223 e. The number of amides is 1. The van der Waals surface area contributed by atoms with Crippen LogP contribution in [0.25, 0.3) is 0 Å². The molecule has 1 fully saturated rings. The molecule has 22 heavy (non-hydrogen) atoms. The Labute approximate surface area is 130 Å². The fourth-order valence-corrected chi connectivity index (χ4v) is 2.91. The predicted octanol–water partition coefficient (Wildman–Crippen LogP) is 1.57. The van der Waals surface area contributed by atoms with Gasteiger partial charge in [-0.2, -0.15) is 0 Å². The summed E-state index contributed by atoms with van der Waals surface area (Å²) in [4.78, 5) is 23.3. The van der Waals surface area contributed by atoms with Crippen LogP contribution in [-0.2, 0) is 9.59 Å². The van der Waals surface area contributed by atoms with Crippen molar-refractivity contribution in [3.8, 4) is 5.75 Å². The maximum absolute atomic E-state index is 12.3. The molecule has 2 rings (SSSR count). The van der Waals surface area contributed by atoms with Crippen LogP contribution in [0.15, 0.2) is 24.3 Å². The summed E-state index contributed by atoms with van der Waals surface area (Å²) in [6.45, 7) is 0. The maximum Gasteiger partial charge on any atom is 0.223 e. The van der Waals surface area contributed by atoms with Crippen LogP contribution in [0.2, 0.25) is 0 Å². The molecule has 0 aromatic heterocycles. The van der Waals surface area contributed by atoms with Crippen LogP contribution in [-0.4, -0.2) is 19.0 Å². The van der Waals surface area contributed by atoms with Gasteiger partial charge in [-0.05, 0) is 30.5 Å². The topological polar surface area (TPSA) is 78.5 Å². The van der Waals surface area contributed by atoms with Gasteiger partial charge in [0.25, 0.3) is 0 Å². The molecule has 1 aromatic rings. The zero-order chi connectivity index (χ0) is 15.9. The maximum atomic E-state index is 12.3. The molecule has 1 saturated carbocycles. The minimum absolute atomic E-state index is 0.00347. The van der Waals surface area contributed by atoms with E-state index in [1.165, 1.54) is 6.42 Å². The number of carboxylic acids is 1. The van der Waals surface area contributed by atoms with Crippen molar-refractivity contribution in [1.82, 2.24) is 5.32 Å². The summed E-state index contributed by atoms with van der Waals surface area (Å²) in [5.74, 6) is -0.544. The number of methoxy groups -OCH3 is 1.